The minimum absolute atomic E-state index is 0.0783. The zero-order valence-corrected chi connectivity index (χ0v) is 15.5. The Labute approximate surface area is 152 Å². The van der Waals surface area contributed by atoms with Gasteiger partial charge in [-0.3, -0.25) is 14.3 Å². The van der Waals surface area contributed by atoms with Gasteiger partial charge >= 0.3 is 0 Å². The highest BCUT2D eigenvalue weighted by Gasteiger charge is 2.25. The van der Waals surface area contributed by atoms with Crippen LogP contribution in [-0.2, 0) is 19.5 Å². The van der Waals surface area contributed by atoms with E-state index in [4.69, 9.17) is 0 Å². The van der Waals surface area contributed by atoms with Crippen LogP contribution in [0.3, 0.4) is 0 Å². The topological polar surface area (TPSA) is 93.8 Å². The maximum Gasteiger partial charge on any atom is 0.293 e. The number of carbonyl (C=O) groups is 1. The third-order valence-electron chi connectivity index (χ3n) is 4.66. The van der Waals surface area contributed by atoms with Crippen LogP contribution in [0.25, 0.3) is 0 Å². The predicted molar refractivity (Wildman–Crippen MR) is 99.3 cm³/mol. The van der Waals surface area contributed by atoms with E-state index in [1.807, 2.05) is 25.5 Å². The van der Waals surface area contributed by atoms with Crippen molar-refractivity contribution < 1.29 is 4.79 Å². The van der Waals surface area contributed by atoms with E-state index in [1.165, 1.54) is 0 Å². The summed E-state index contributed by atoms with van der Waals surface area (Å²) in [7, 11) is 0. The number of aryl methyl sites for hydroxylation is 2. The summed E-state index contributed by atoms with van der Waals surface area (Å²) in [5.74, 6) is 0.623. The molecule has 0 unspecified atom stereocenters. The molecular weight excluding hydrogens is 332 g/mol. The third-order valence-corrected chi connectivity index (χ3v) is 4.66. The van der Waals surface area contributed by atoms with E-state index in [9.17, 15) is 9.59 Å². The molecule has 8 heteroatoms. The van der Waals surface area contributed by atoms with E-state index >= 15 is 0 Å². The second-order valence-corrected chi connectivity index (χ2v) is 6.96. The quantitative estimate of drug-likeness (QED) is 0.811. The van der Waals surface area contributed by atoms with Gasteiger partial charge in [-0.15, -0.1) is 0 Å². The summed E-state index contributed by atoms with van der Waals surface area (Å²) in [6, 6.07) is 0.0870. The summed E-state index contributed by atoms with van der Waals surface area (Å²) in [6.07, 6.45) is 6.68. The van der Waals surface area contributed by atoms with Gasteiger partial charge in [0.15, 0.2) is 5.82 Å². The van der Waals surface area contributed by atoms with Crippen molar-refractivity contribution in [3.8, 4) is 0 Å². The maximum absolute atomic E-state index is 12.4. The van der Waals surface area contributed by atoms with E-state index in [1.54, 1.807) is 23.2 Å². The molecule has 140 valence electrons. The van der Waals surface area contributed by atoms with Crippen molar-refractivity contribution in [2.45, 2.75) is 52.7 Å². The number of fused-ring (bicyclic) bond motifs is 1. The first kappa shape index (κ1) is 18.2. The summed E-state index contributed by atoms with van der Waals surface area (Å²) in [4.78, 5) is 28.8. The molecule has 3 rings (SSSR count). The Morgan fingerprint density at radius 2 is 2.23 bits per heavy atom. The van der Waals surface area contributed by atoms with Gasteiger partial charge in [-0.05, 0) is 39.5 Å². The number of aromatic nitrogens is 4. The van der Waals surface area contributed by atoms with Gasteiger partial charge in [0.2, 0.25) is 0 Å². The SMILES string of the molecule is CCn1ccnc(NC[C@H]2CCn3ncc(C(=O)NC(C)C)c3C2)c1=O. The molecule has 0 radical (unpaired) electrons. The number of hydrogen-bond acceptors (Lipinski definition) is 5. The van der Waals surface area contributed by atoms with Crippen molar-refractivity contribution in [1.29, 1.82) is 0 Å². The Bertz CT molecular complexity index is 838. The fourth-order valence-corrected chi connectivity index (χ4v) is 3.26. The molecule has 0 saturated carbocycles. The van der Waals surface area contributed by atoms with Crippen molar-refractivity contribution in [2.24, 2.45) is 5.92 Å². The molecule has 2 aromatic heterocycles. The normalized spacial score (nSPS) is 16.4. The Morgan fingerprint density at radius 1 is 1.42 bits per heavy atom. The van der Waals surface area contributed by atoms with Gasteiger partial charge in [0.25, 0.3) is 11.5 Å². The molecule has 2 N–H and O–H groups in total. The van der Waals surface area contributed by atoms with Gasteiger partial charge in [0, 0.05) is 38.1 Å². The van der Waals surface area contributed by atoms with Crippen LogP contribution in [0.4, 0.5) is 5.82 Å². The molecule has 0 bridgehead atoms. The van der Waals surface area contributed by atoms with Gasteiger partial charge in [0.05, 0.1) is 17.5 Å². The Hall–Kier alpha value is -2.64. The Morgan fingerprint density at radius 3 is 2.96 bits per heavy atom. The highest BCUT2D eigenvalue weighted by atomic mass is 16.2. The summed E-state index contributed by atoms with van der Waals surface area (Å²) in [6.45, 7) is 7.85. The van der Waals surface area contributed by atoms with Crippen LogP contribution in [0.1, 0.15) is 43.2 Å². The average Bonchev–Trinajstić information content (AvgIpc) is 3.03. The zero-order valence-electron chi connectivity index (χ0n) is 15.5. The summed E-state index contributed by atoms with van der Waals surface area (Å²) in [5, 5.41) is 10.5. The minimum Gasteiger partial charge on any atom is -0.365 e. The molecule has 1 atom stereocenters. The fraction of sp³-hybridized carbons (Fsp3) is 0.556. The maximum atomic E-state index is 12.4. The van der Waals surface area contributed by atoms with Crippen molar-refractivity contribution in [1.82, 2.24) is 24.6 Å². The van der Waals surface area contributed by atoms with Crippen molar-refractivity contribution in [3.05, 3.63) is 40.2 Å². The molecule has 8 nitrogen and oxygen atoms in total. The molecule has 1 amide bonds. The number of anilines is 1. The average molecular weight is 358 g/mol. The second kappa shape index (κ2) is 7.72. The summed E-state index contributed by atoms with van der Waals surface area (Å²) < 4.78 is 3.54. The van der Waals surface area contributed by atoms with E-state index in [2.05, 4.69) is 20.7 Å². The van der Waals surface area contributed by atoms with Crippen molar-refractivity contribution in [3.63, 3.8) is 0 Å². The van der Waals surface area contributed by atoms with Gasteiger partial charge in [-0.1, -0.05) is 0 Å². The molecular formula is C18H26N6O2. The molecule has 1 aliphatic heterocycles. The molecule has 0 fully saturated rings. The summed E-state index contributed by atoms with van der Waals surface area (Å²) >= 11 is 0. The van der Waals surface area contributed by atoms with E-state index in [0.717, 1.165) is 25.1 Å². The van der Waals surface area contributed by atoms with Gasteiger partial charge in [-0.2, -0.15) is 5.10 Å². The van der Waals surface area contributed by atoms with Crippen LogP contribution in [0.15, 0.2) is 23.4 Å². The van der Waals surface area contributed by atoms with Gasteiger partial charge < -0.3 is 15.2 Å². The molecule has 0 saturated heterocycles. The van der Waals surface area contributed by atoms with E-state index < -0.39 is 0 Å². The number of nitrogens with zero attached hydrogens (tertiary/aromatic N) is 4. The van der Waals surface area contributed by atoms with Crippen molar-refractivity contribution in [2.75, 3.05) is 11.9 Å². The molecule has 3 heterocycles. The van der Waals surface area contributed by atoms with Gasteiger partial charge in [0.1, 0.15) is 0 Å². The first-order valence-electron chi connectivity index (χ1n) is 9.14. The highest BCUT2D eigenvalue weighted by Crippen LogP contribution is 2.23. The molecule has 0 aromatic carbocycles. The van der Waals surface area contributed by atoms with E-state index in [-0.39, 0.29) is 17.5 Å². The van der Waals surface area contributed by atoms with E-state index in [0.29, 0.717) is 30.4 Å². The smallest absolute Gasteiger partial charge is 0.293 e. The lowest BCUT2D eigenvalue weighted by molar-refractivity contribution is 0.0941. The fourth-order valence-electron chi connectivity index (χ4n) is 3.26. The highest BCUT2D eigenvalue weighted by molar-refractivity contribution is 5.95. The largest absolute Gasteiger partial charge is 0.365 e. The van der Waals surface area contributed by atoms with Crippen LogP contribution < -0.4 is 16.2 Å². The zero-order chi connectivity index (χ0) is 18.7. The first-order chi connectivity index (χ1) is 12.5. The lowest BCUT2D eigenvalue weighted by atomic mass is 9.94. The molecule has 0 aliphatic carbocycles. The molecule has 26 heavy (non-hydrogen) atoms. The molecule has 2 aromatic rings. The third kappa shape index (κ3) is 3.79. The lowest BCUT2D eigenvalue weighted by Crippen LogP contribution is -2.33. The number of hydrogen-bond donors (Lipinski definition) is 2. The van der Waals surface area contributed by atoms with Crippen LogP contribution in [0, 0.1) is 5.92 Å². The van der Waals surface area contributed by atoms with Crippen LogP contribution in [0.5, 0.6) is 0 Å². The van der Waals surface area contributed by atoms with Crippen LogP contribution in [0.2, 0.25) is 0 Å². The monoisotopic (exact) mass is 358 g/mol. The molecule has 1 aliphatic rings. The molecule has 0 spiro atoms. The Kier molecular flexibility index (Phi) is 5.39. The standard InChI is InChI=1S/C18H26N6O2/c1-4-23-8-6-19-16(18(23)26)20-10-13-5-7-24-15(9-13)14(11-21-24)17(25)22-12(2)3/h6,8,11-13H,4-5,7,9-10H2,1-3H3,(H,19,20)(H,22,25)/t13-/m0/s1. The lowest BCUT2D eigenvalue weighted by Gasteiger charge is -2.24. The Balaban J connectivity index is 1.68. The van der Waals surface area contributed by atoms with Crippen molar-refractivity contribution >= 4 is 11.7 Å². The predicted octanol–water partition coefficient (Wildman–Crippen LogP) is 1.27. The number of carbonyl (C=O) groups excluding carboxylic acids is 1. The first-order valence-corrected chi connectivity index (χ1v) is 9.14. The minimum atomic E-state index is -0.104. The van der Waals surface area contributed by atoms with Gasteiger partial charge in [-0.25, -0.2) is 4.98 Å². The number of nitrogens with one attached hydrogen (secondary N) is 2. The number of rotatable bonds is 6. The number of amides is 1. The van der Waals surface area contributed by atoms with Crippen LogP contribution in [-0.4, -0.2) is 37.8 Å². The second-order valence-electron chi connectivity index (χ2n) is 6.96. The summed E-state index contributed by atoms with van der Waals surface area (Å²) in [5.41, 5.74) is 1.51. The van der Waals surface area contributed by atoms with Crippen LogP contribution >= 0.6 is 0 Å².